The Kier molecular flexibility index (Phi) is 4.66. The number of anilines is 1. The fourth-order valence-corrected chi connectivity index (χ4v) is 3.56. The molecule has 1 aliphatic carbocycles. The van der Waals surface area contributed by atoms with E-state index in [0.29, 0.717) is 12.0 Å². The minimum Gasteiger partial charge on any atom is -0.355 e. The van der Waals surface area contributed by atoms with Crippen LogP contribution in [-0.2, 0) is 11.2 Å². The SMILES string of the molecule is Cc1ccc(CC(C=O)C2CC2N(C)c2cc(-c3ccnnc3)[nH]n2)cn1. The van der Waals surface area contributed by atoms with E-state index >= 15 is 0 Å². The van der Waals surface area contributed by atoms with Gasteiger partial charge in [-0.15, -0.1) is 0 Å². The molecule has 0 saturated heterocycles. The van der Waals surface area contributed by atoms with E-state index in [4.69, 9.17) is 0 Å². The number of H-pyrrole nitrogens is 1. The third-order valence-electron chi connectivity index (χ3n) is 5.29. The summed E-state index contributed by atoms with van der Waals surface area (Å²) in [6.07, 6.45) is 8.06. The van der Waals surface area contributed by atoms with E-state index in [2.05, 4.69) is 36.3 Å². The summed E-state index contributed by atoms with van der Waals surface area (Å²) in [5.41, 5.74) is 3.95. The van der Waals surface area contributed by atoms with Crippen LogP contribution in [0, 0.1) is 18.8 Å². The molecule has 3 heterocycles. The first kappa shape index (κ1) is 17.3. The van der Waals surface area contributed by atoms with Crippen LogP contribution in [0.15, 0.2) is 42.9 Å². The van der Waals surface area contributed by atoms with Crippen molar-refractivity contribution >= 4 is 12.1 Å². The van der Waals surface area contributed by atoms with Crippen LogP contribution in [-0.4, -0.2) is 44.8 Å². The van der Waals surface area contributed by atoms with E-state index in [1.807, 2.05) is 38.4 Å². The Morgan fingerprint density at radius 3 is 2.89 bits per heavy atom. The predicted octanol–water partition coefficient (Wildman–Crippen LogP) is 2.45. The molecule has 1 N–H and O–H groups in total. The molecular formula is C20H22N6O. The van der Waals surface area contributed by atoms with Crippen LogP contribution in [0.4, 0.5) is 5.82 Å². The lowest BCUT2D eigenvalue weighted by atomic mass is 9.96. The first-order chi connectivity index (χ1) is 13.2. The Labute approximate surface area is 157 Å². The minimum atomic E-state index is 0.00441. The summed E-state index contributed by atoms with van der Waals surface area (Å²) in [5, 5.41) is 15.2. The largest absolute Gasteiger partial charge is 0.355 e. The lowest BCUT2D eigenvalue weighted by molar-refractivity contribution is -0.111. The van der Waals surface area contributed by atoms with Gasteiger partial charge in [-0.2, -0.15) is 15.3 Å². The Morgan fingerprint density at radius 1 is 1.30 bits per heavy atom. The lowest BCUT2D eigenvalue weighted by Gasteiger charge is -2.18. The smallest absolute Gasteiger partial charge is 0.150 e. The highest BCUT2D eigenvalue weighted by molar-refractivity contribution is 5.62. The van der Waals surface area contributed by atoms with Gasteiger partial charge in [0.2, 0.25) is 0 Å². The number of aldehydes is 1. The molecule has 1 saturated carbocycles. The number of carbonyl (C=O) groups excluding carboxylic acids is 1. The second kappa shape index (κ2) is 7.26. The van der Waals surface area contributed by atoms with Crippen molar-refractivity contribution in [3.63, 3.8) is 0 Å². The third kappa shape index (κ3) is 3.72. The molecule has 0 spiro atoms. The van der Waals surface area contributed by atoms with Crippen molar-refractivity contribution in [1.29, 1.82) is 0 Å². The average Bonchev–Trinajstić information content (AvgIpc) is 3.34. The number of nitrogens with zero attached hydrogens (tertiary/aromatic N) is 5. The van der Waals surface area contributed by atoms with E-state index in [1.165, 1.54) is 0 Å². The molecule has 3 atom stereocenters. The number of aromatic nitrogens is 5. The van der Waals surface area contributed by atoms with Gasteiger partial charge in [0.25, 0.3) is 0 Å². The average molecular weight is 362 g/mol. The normalized spacial score (nSPS) is 19.5. The van der Waals surface area contributed by atoms with E-state index in [0.717, 1.165) is 47.5 Å². The maximum atomic E-state index is 11.7. The molecule has 138 valence electrons. The molecule has 0 aliphatic heterocycles. The molecule has 27 heavy (non-hydrogen) atoms. The molecule has 0 bridgehead atoms. The van der Waals surface area contributed by atoms with Crippen molar-refractivity contribution in [2.45, 2.75) is 25.8 Å². The summed E-state index contributed by atoms with van der Waals surface area (Å²) in [7, 11) is 2.03. The van der Waals surface area contributed by atoms with E-state index in [-0.39, 0.29) is 5.92 Å². The molecule has 3 aromatic rings. The van der Waals surface area contributed by atoms with Crippen LogP contribution in [0.3, 0.4) is 0 Å². The molecule has 3 unspecified atom stereocenters. The number of pyridine rings is 1. The zero-order chi connectivity index (χ0) is 18.8. The molecule has 7 nitrogen and oxygen atoms in total. The second-order valence-corrected chi connectivity index (χ2v) is 7.16. The van der Waals surface area contributed by atoms with Crippen molar-refractivity contribution in [3.8, 4) is 11.3 Å². The summed E-state index contributed by atoms with van der Waals surface area (Å²) >= 11 is 0. The zero-order valence-corrected chi connectivity index (χ0v) is 15.4. The molecule has 7 heteroatoms. The number of nitrogens with one attached hydrogen (secondary N) is 1. The number of hydrogen-bond acceptors (Lipinski definition) is 6. The molecule has 0 amide bonds. The Hall–Kier alpha value is -3.09. The van der Waals surface area contributed by atoms with Crippen LogP contribution in [0.25, 0.3) is 11.3 Å². The molecule has 1 aliphatic rings. The maximum Gasteiger partial charge on any atom is 0.150 e. The Morgan fingerprint density at radius 2 is 2.19 bits per heavy atom. The van der Waals surface area contributed by atoms with Gasteiger partial charge in [-0.05, 0) is 43.4 Å². The van der Waals surface area contributed by atoms with Crippen molar-refractivity contribution < 1.29 is 4.79 Å². The standard InChI is InChI=1S/C20H22N6O/c1-13-3-4-14(10-21-13)7-16(12-27)17-8-19(17)26(2)20-9-18(24-25-20)15-5-6-22-23-11-15/h3-6,9-12,16-17,19H,7-8H2,1-2H3,(H,24,25). The molecule has 3 aromatic heterocycles. The quantitative estimate of drug-likeness (QED) is 0.650. The van der Waals surface area contributed by atoms with Gasteiger partial charge in [0.15, 0.2) is 5.82 Å². The van der Waals surface area contributed by atoms with Gasteiger partial charge in [0, 0.05) is 42.5 Å². The fraction of sp³-hybridized carbons (Fsp3) is 0.350. The highest BCUT2D eigenvalue weighted by atomic mass is 16.1. The van der Waals surface area contributed by atoms with Crippen LogP contribution in [0.2, 0.25) is 0 Å². The van der Waals surface area contributed by atoms with Gasteiger partial charge in [-0.25, -0.2) is 0 Å². The summed E-state index contributed by atoms with van der Waals surface area (Å²) in [4.78, 5) is 18.2. The zero-order valence-electron chi connectivity index (χ0n) is 15.4. The number of carbonyl (C=O) groups is 1. The first-order valence-corrected chi connectivity index (χ1v) is 9.08. The number of aryl methyl sites for hydroxylation is 1. The highest BCUT2D eigenvalue weighted by Gasteiger charge is 2.46. The van der Waals surface area contributed by atoms with E-state index in [1.54, 1.807) is 12.4 Å². The van der Waals surface area contributed by atoms with Gasteiger partial charge in [0.1, 0.15) is 6.29 Å². The van der Waals surface area contributed by atoms with Crippen molar-refractivity contribution in [2.75, 3.05) is 11.9 Å². The molecular weight excluding hydrogens is 340 g/mol. The topological polar surface area (TPSA) is 87.7 Å². The number of rotatable bonds is 7. The van der Waals surface area contributed by atoms with Crippen molar-refractivity contribution in [2.24, 2.45) is 11.8 Å². The monoisotopic (exact) mass is 362 g/mol. The van der Waals surface area contributed by atoms with Gasteiger partial charge < -0.3 is 9.69 Å². The van der Waals surface area contributed by atoms with E-state index < -0.39 is 0 Å². The first-order valence-electron chi connectivity index (χ1n) is 9.08. The Balaban J connectivity index is 1.42. The summed E-state index contributed by atoms with van der Waals surface area (Å²) in [6, 6.07) is 8.27. The van der Waals surface area contributed by atoms with Crippen molar-refractivity contribution in [1.82, 2.24) is 25.4 Å². The predicted molar refractivity (Wildman–Crippen MR) is 102 cm³/mol. The second-order valence-electron chi connectivity index (χ2n) is 7.16. The third-order valence-corrected chi connectivity index (χ3v) is 5.29. The van der Waals surface area contributed by atoms with Crippen LogP contribution >= 0.6 is 0 Å². The molecule has 4 rings (SSSR count). The highest BCUT2D eigenvalue weighted by Crippen LogP contribution is 2.43. The van der Waals surface area contributed by atoms with Crippen LogP contribution < -0.4 is 4.90 Å². The summed E-state index contributed by atoms with van der Waals surface area (Å²) in [6.45, 7) is 1.97. The number of aromatic amines is 1. The number of hydrogen-bond donors (Lipinski definition) is 1. The lowest BCUT2D eigenvalue weighted by Crippen LogP contribution is -2.24. The van der Waals surface area contributed by atoms with E-state index in [9.17, 15) is 4.79 Å². The fourth-order valence-electron chi connectivity index (χ4n) is 3.56. The van der Waals surface area contributed by atoms with Gasteiger partial charge in [-0.3, -0.25) is 10.1 Å². The molecule has 0 radical (unpaired) electrons. The van der Waals surface area contributed by atoms with Gasteiger partial charge in [0.05, 0.1) is 18.1 Å². The van der Waals surface area contributed by atoms with Gasteiger partial charge in [-0.1, -0.05) is 6.07 Å². The summed E-state index contributed by atoms with van der Waals surface area (Å²) in [5.74, 6) is 1.22. The van der Waals surface area contributed by atoms with Gasteiger partial charge >= 0.3 is 0 Å². The maximum absolute atomic E-state index is 11.7. The molecule has 0 aromatic carbocycles. The Bertz CT molecular complexity index is 908. The summed E-state index contributed by atoms with van der Waals surface area (Å²) < 4.78 is 0. The molecule has 1 fully saturated rings. The van der Waals surface area contributed by atoms with Crippen LogP contribution in [0.5, 0.6) is 0 Å². The van der Waals surface area contributed by atoms with Crippen LogP contribution in [0.1, 0.15) is 17.7 Å². The minimum absolute atomic E-state index is 0.00441. The van der Waals surface area contributed by atoms with Crippen molar-refractivity contribution in [3.05, 3.63) is 54.1 Å².